The molecule has 2 fully saturated rings. The Balaban J connectivity index is 1.37. The van der Waals surface area contributed by atoms with Gasteiger partial charge in [0, 0.05) is 36.7 Å². The molecule has 2 aliphatic rings. The van der Waals surface area contributed by atoms with E-state index >= 15 is 0 Å². The van der Waals surface area contributed by atoms with Crippen LogP contribution in [0.4, 0.5) is 0 Å². The predicted octanol–water partition coefficient (Wildman–Crippen LogP) is 2.71. The second-order valence-electron chi connectivity index (χ2n) is 7.61. The number of rotatable bonds is 3. The van der Waals surface area contributed by atoms with Crippen LogP contribution < -0.4 is 10.7 Å². The molecule has 0 saturated carbocycles. The summed E-state index contributed by atoms with van der Waals surface area (Å²) in [5.41, 5.74) is 3.27. The topological polar surface area (TPSA) is 88.5 Å². The van der Waals surface area contributed by atoms with Crippen molar-refractivity contribution in [1.82, 2.24) is 30.0 Å². The molecular weight excluding hydrogens is 352 g/mol. The Hall–Kier alpha value is -3.06. The average molecular weight is 374 g/mol. The van der Waals surface area contributed by atoms with Crippen LogP contribution in [0.25, 0.3) is 23.2 Å². The third kappa shape index (κ3) is 3.41. The van der Waals surface area contributed by atoms with Crippen LogP contribution >= 0.6 is 0 Å². The fourth-order valence-electron chi connectivity index (χ4n) is 4.25. The number of nitrogens with zero attached hydrogens (tertiary/aromatic N) is 4. The van der Waals surface area contributed by atoms with Crippen molar-refractivity contribution in [1.29, 1.82) is 0 Å². The number of imidazole rings is 1. The number of aromatic nitrogens is 5. The molecular formula is C21H22N6O. The second kappa shape index (κ2) is 7.16. The van der Waals surface area contributed by atoms with Gasteiger partial charge in [0.2, 0.25) is 0 Å². The van der Waals surface area contributed by atoms with Crippen LogP contribution in [0.5, 0.6) is 0 Å². The summed E-state index contributed by atoms with van der Waals surface area (Å²) < 4.78 is 1.75. The third-order valence-electron chi connectivity index (χ3n) is 5.59. The van der Waals surface area contributed by atoms with E-state index in [2.05, 4.69) is 31.6 Å². The van der Waals surface area contributed by atoms with E-state index < -0.39 is 0 Å². The van der Waals surface area contributed by atoms with E-state index in [0.717, 1.165) is 18.5 Å². The van der Waals surface area contributed by atoms with Crippen molar-refractivity contribution in [3.8, 4) is 17.1 Å². The summed E-state index contributed by atoms with van der Waals surface area (Å²) in [6, 6.07) is 6.57. The quantitative estimate of drug-likeness (QED) is 0.736. The maximum absolute atomic E-state index is 12.5. The van der Waals surface area contributed by atoms with Crippen LogP contribution in [-0.2, 0) is 0 Å². The van der Waals surface area contributed by atoms with Crippen molar-refractivity contribution in [2.75, 3.05) is 0 Å². The molecule has 0 aliphatic carbocycles. The molecule has 7 heteroatoms. The number of piperidine rings is 2. The summed E-state index contributed by atoms with van der Waals surface area (Å²) in [5, 5.41) is 12.3. The Morgan fingerprint density at radius 2 is 2.00 bits per heavy atom. The number of pyridine rings is 1. The Kier molecular flexibility index (Phi) is 4.37. The number of hydrogen-bond donors (Lipinski definition) is 2. The summed E-state index contributed by atoms with van der Waals surface area (Å²) in [6.07, 6.45) is 15.0. The van der Waals surface area contributed by atoms with Gasteiger partial charge in [0.05, 0.1) is 17.0 Å². The lowest BCUT2D eigenvalue weighted by Gasteiger charge is -2.37. The lowest BCUT2D eigenvalue weighted by Crippen LogP contribution is -2.46. The zero-order valence-electron chi connectivity index (χ0n) is 15.5. The number of fused-ring (bicyclic) bond motifs is 2. The molecule has 2 atom stereocenters. The van der Waals surface area contributed by atoms with Gasteiger partial charge in [-0.3, -0.25) is 9.36 Å². The van der Waals surface area contributed by atoms with Crippen LogP contribution in [0.3, 0.4) is 0 Å². The van der Waals surface area contributed by atoms with E-state index in [1.807, 2.05) is 12.1 Å². The fraction of sp³-hybridized carbons (Fsp3) is 0.333. The van der Waals surface area contributed by atoms with Gasteiger partial charge in [0.25, 0.3) is 0 Å². The van der Waals surface area contributed by atoms with E-state index in [0.29, 0.717) is 29.2 Å². The van der Waals surface area contributed by atoms with Crippen LogP contribution in [0.2, 0.25) is 0 Å². The Bertz CT molecular complexity index is 1040. The molecule has 5 rings (SSSR count). The van der Waals surface area contributed by atoms with Crippen molar-refractivity contribution in [2.45, 2.75) is 44.2 Å². The van der Waals surface area contributed by atoms with Gasteiger partial charge in [-0.1, -0.05) is 12.0 Å². The van der Waals surface area contributed by atoms with Crippen LogP contribution in [0, 0.1) is 0 Å². The molecule has 2 saturated heterocycles. The molecule has 142 valence electrons. The van der Waals surface area contributed by atoms with E-state index in [4.69, 9.17) is 0 Å². The SMILES string of the molecule is O=c1cc(-n2ccnc2)[nH]cc1-c1ccc(C=C2CC3CCCC(C2)N3)nn1. The molecule has 0 spiro atoms. The second-order valence-corrected chi connectivity index (χ2v) is 7.61. The van der Waals surface area contributed by atoms with Gasteiger partial charge in [-0.05, 0) is 43.9 Å². The molecule has 0 radical (unpaired) electrons. The van der Waals surface area contributed by atoms with Crippen LogP contribution in [-0.4, -0.2) is 36.8 Å². The summed E-state index contributed by atoms with van der Waals surface area (Å²) in [6.45, 7) is 0. The summed E-state index contributed by atoms with van der Waals surface area (Å²) in [5.74, 6) is 0.664. The molecule has 28 heavy (non-hydrogen) atoms. The lowest BCUT2D eigenvalue weighted by molar-refractivity contribution is 0.283. The minimum absolute atomic E-state index is 0.103. The smallest absolute Gasteiger partial charge is 0.193 e. The van der Waals surface area contributed by atoms with Gasteiger partial charge in [0.15, 0.2) is 5.43 Å². The third-order valence-corrected chi connectivity index (χ3v) is 5.59. The normalized spacial score (nSPS) is 21.5. The lowest BCUT2D eigenvalue weighted by atomic mass is 9.83. The fourth-order valence-corrected chi connectivity index (χ4v) is 4.25. The maximum Gasteiger partial charge on any atom is 0.193 e. The number of nitrogens with one attached hydrogen (secondary N) is 2. The van der Waals surface area contributed by atoms with Crippen molar-refractivity contribution in [2.24, 2.45) is 0 Å². The Morgan fingerprint density at radius 1 is 1.14 bits per heavy atom. The molecule has 0 amide bonds. The molecule has 2 bridgehead atoms. The molecule has 5 heterocycles. The minimum Gasteiger partial charge on any atom is -0.347 e. The standard InChI is InChI=1S/C21H22N6O/c28-20-11-21(27-7-6-22-13-27)23-12-18(20)19-5-4-17(25-26-19)10-14-8-15-2-1-3-16(9-14)24-15/h4-7,10-13,15-16,24H,1-3,8-9H2,(H,23,28). The van der Waals surface area contributed by atoms with Gasteiger partial charge in [-0.15, -0.1) is 5.10 Å². The molecule has 0 aromatic carbocycles. The van der Waals surface area contributed by atoms with Gasteiger partial charge in [-0.2, -0.15) is 5.10 Å². The first-order valence-electron chi connectivity index (χ1n) is 9.75. The highest BCUT2D eigenvalue weighted by molar-refractivity contribution is 5.59. The molecule has 2 aliphatic heterocycles. The number of H-pyrrole nitrogens is 1. The van der Waals surface area contributed by atoms with Gasteiger partial charge in [-0.25, -0.2) is 4.98 Å². The number of hydrogen-bond acceptors (Lipinski definition) is 5. The number of aromatic amines is 1. The first kappa shape index (κ1) is 17.1. The van der Waals surface area contributed by atoms with Crippen molar-refractivity contribution >= 4 is 6.08 Å². The maximum atomic E-state index is 12.5. The Labute approximate surface area is 162 Å². The van der Waals surface area contributed by atoms with Crippen LogP contribution in [0.1, 0.15) is 37.8 Å². The first-order chi connectivity index (χ1) is 13.7. The van der Waals surface area contributed by atoms with Crippen LogP contribution in [0.15, 0.2) is 53.5 Å². The Morgan fingerprint density at radius 3 is 2.68 bits per heavy atom. The molecule has 2 N–H and O–H groups in total. The molecule has 3 aromatic rings. The average Bonchev–Trinajstić information content (AvgIpc) is 3.23. The molecule has 3 aromatic heterocycles. The van der Waals surface area contributed by atoms with E-state index in [1.165, 1.54) is 24.8 Å². The highest BCUT2D eigenvalue weighted by Crippen LogP contribution is 2.30. The zero-order chi connectivity index (χ0) is 18.9. The van der Waals surface area contributed by atoms with Crippen molar-refractivity contribution < 1.29 is 0 Å². The predicted molar refractivity (Wildman–Crippen MR) is 107 cm³/mol. The van der Waals surface area contributed by atoms with Gasteiger partial charge >= 0.3 is 0 Å². The van der Waals surface area contributed by atoms with Gasteiger partial charge in [0.1, 0.15) is 12.1 Å². The molecule has 7 nitrogen and oxygen atoms in total. The van der Waals surface area contributed by atoms with E-state index in [9.17, 15) is 4.79 Å². The van der Waals surface area contributed by atoms with E-state index in [-0.39, 0.29) is 5.43 Å². The van der Waals surface area contributed by atoms with Crippen molar-refractivity contribution in [3.63, 3.8) is 0 Å². The highest BCUT2D eigenvalue weighted by atomic mass is 16.1. The highest BCUT2D eigenvalue weighted by Gasteiger charge is 2.27. The first-order valence-corrected chi connectivity index (χ1v) is 9.75. The monoisotopic (exact) mass is 374 g/mol. The minimum atomic E-state index is -0.103. The largest absolute Gasteiger partial charge is 0.347 e. The van der Waals surface area contributed by atoms with Crippen molar-refractivity contribution in [3.05, 3.63) is 64.6 Å². The zero-order valence-corrected chi connectivity index (χ0v) is 15.5. The summed E-state index contributed by atoms with van der Waals surface area (Å²) >= 11 is 0. The molecule has 2 unspecified atom stereocenters. The summed E-state index contributed by atoms with van der Waals surface area (Å²) in [4.78, 5) is 19.6. The summed E-state index contributed by atoms with van der Waals surface area (Å²) in [7, 11) is 0. The van der Waals surface area contributed by atoms with E-state index in [1.54, 1.807) is 35.6 Å². The van der Waals surface area contributed by atoms with Gasteiger partial charge < -0.3 is 10.3 Å².